The van der Waals surface area contributed by atoms with Crippen LogP contribution in [0.25, 0.3) is 0 Å². The van der Waals surface area contributed by atoms with E-state index in [1.165, 1.54) is 14.0 Å². The van der Waals surface area contributed by atoms with Crippen molar-refractivity contribution in [1.29, 1.82) is 0 Å². The predicted molar refractivity (Wildman–Crippen MR) is 52.0 cm³/mol. The zero-order valence-electron chi connectivity index (χ0n) is 9.25. The smallest absolute Gasteiger partial charge is 0.309 e. The number of carbonyl (C=O) groups is 2. The van der Waals surface area contributed by atoms with Gasteiger partial charge in [0.25, 0.3) is 0 Å². The summed E-state index contributed by atoms with van der Waals surface area (Å²) in [6, 6.07) is 0. The summed E-state index contributed by atoms with van der Waals surface area (Å²) in [5.41, 5.74) is -1.01. The van der Waals surface area contributed by atoms with Crippen LogP contribution in [0.15, 0.2) is 0 Å². The second kappa shape index (κ2) is 5.75. The molecule has 0 saturated carbocycles. The number of Topliss-reactive ketones (excluding diaryl/α,β-unsaturated/α-hetero) is 1. The fraction of sp³-hybridized carbons (Fsp3) is 0.800. The summed E-state index contributed by atoms with van der Waals surface area (Å²) in [5.74, 6) is -0.540. The number of hydrogen-bond acceptors (Lipinski definition) is 4. The van der Waals surface area contributed by atoms with E-state index in [1.807, 2.05) is 6.92 Å². The molecule has 0 fully saturated rings. The summed E-state index contributed by atoms with van der Waals surface area (Å²) >= 11 is 0. The number of methoxy groups -OCH3 is 1. The maximum atomic E-state index is 11.3. The van der Waals surface area contributed by atoms with E-state index in [-0.39, 0.29) is 12.2 Å². The van der Waals surface area contributed by atoms with Crippen molar-refractivity contribution in [2.75, 3.05) is 13.7 Å². The maximum absolute atomic E-state index is 11.3. The minimum atomic E-state index is -1.01. The van der Waals surface area contributed by atoms with Gasteiger partial charge in [0.05, 0.1) is 13.0 Å². The van der Waals surface area contributed by atoms with Crippen molar-refractivity contribution in [3.8, 4) is 0 Å². The van der Waals surface area contributed by atoms with Gasteiger partial charge >= 0.3 is 5.97 Å². The van der Waals surface area contributed by atoms with Crippen molar-refractivity contribution in [1.82, 2.24) is 0 Å². The SMILES string of the molecule is CCOC(=O)CC(CC)(OC)C(C)=O. The number of carbonyl (C=O) groups excluding carboxylic acids is 2. The van der Waals surface area contributed by atoms with Gasteiger partial charge in [-0.2, -0.15) is 0 Å². The summed E-state index contributed by atoms with van der Waals surface area (Å²) in [6.45, 7) is 5.28. The molecule has 0 aromatic carbocycles. The van der Waals surface area contributed by atoms with Crippen LogP contribution in [0.5, 0.6) is 0 Å². The van der Waals surface area contributed by atoms with Gasteiger partial charge < -0.3 is 9.47 Å². The van der Waals surface area contributed by atoms with Crippen LogP contribution < -0.4 is 0 Å². The lowest BCUT2D eigenvalue weighted by atomic mass is 9.92. The molecular weight excluding hydrogens is 184 g/mol. The largest absolute Gasteiger partial charge is 0.466 e. The molecule has 0 spiro atoms. The normalized spacial score (nSPS) is 14.6. The first-order valence-electron chi connectivity index (χ1n) is 4.74. The number of ketones is 1. The van der Waals surface area contributed by atoms with Crippen LogP contribution in [0.4, 0.5) is 0 Å². The van der Waals surface area contributed by atoms with Crippen LogP contribution in [0, 0.1) is 0 Å². The van der Waals surface area contributed by atoms with Crippen LogP contribution in [-0.2, 0) is 19.1 Å². The van der Waals surface area contributed by atoms with Gasteiger partial charge in [-0.1, -0.05) is 6.92 Å². The van der Waals surface area contributed by atoms with Crippen LogP contribution in [0.1, 0.15) is 33.6 Å². The summed E-state index contributed by atoms with van der Waals surface area (Å²) in [6.07, 6.45) is 0.459. The fourth-order valence-corrected chi connectivity index (χ4v) is 1.30. The second-order valence-electron chi connectivity index (χ2n) is 3.09. The molecule has 0 aliphatic carbocycles. The molecule has 0 aliphatic rings. The third kappa shape index (κ3) is 3.10. The zero-order chi connectivity index (χ0) is 11.2. The molecule has 0 aliphatic heterocycles. The molecule has 0 N–H and O–H groups in total. The number of esters is 1. The Balaban J connectivity index is 4.51. The lowest BCUT2D eigenvalue weighted by molar-refractivity contribution is -0.157. The summed E-state index contributed by atoms with van der Waals surface area (Å²) in [5, 5.41) is 0. The lowest BCUT2D eigenvalue weighted by Gasteiger charge is -2.27. The molecule has 0 bridgehead atoms. The third-order valence-electron chi connectivity index (χ3n) is 2.34. The van der Waals surface area contributed by atoms with Gasteiger partial charge in [-0.25, -0.2) is 0 Å². The molecule has 14 heavy (non-hydrogen) atoms. The molecule has 0 saturated heterocycles. The van der Waals surface area contributed by atoms with Gasteiger partial charge in [0.15, 0.2) is 5.78 Å². The Kier molecular flexibility index (Phi) is 5.38. The first kappa shape index (κ1) is 13.1. The zero-order valence-corrected chi connectivity index (χ0v) is 9.25. The quantitative estimate of drug-likeness (QED) is 0.610. The van der Waals surface area contributed by atoms with Gasteiger partial charge in [-0.05, 0) is 20.3 Å². The van der Waals surface area contributed by atoms with Crippen molar-refractivity contribution in [2.24, 2.45) is 0 Å². The minimum Gasteiger partial charge on any atom is -0.466 e. The highest BCUT2D eigenvalue weighted by Gasteiger charge is 2.36. The highest BCUT2D eigenvalue weighted by Crippen LogP contribution is 2.21. The minimum absolute atomic E-state index is 0.0107. The Morgan fingerprint density at radius 1 is 1.29 bits per heavy atom. The van der Waals surface area contributed by atoms with E-state index in [0.717, 1.165) is 0 Å². The molecule has 1 atom stereocenters. The molecule has 1 unspecified atom stereocenters. The standard InChI is InChI=1S/C10H18O4/c1-5-10(13-4,8(3)11)7-9(12)14-6-2/h5-7H2,1-4H3. The monoisotopic (exact) mass is 202 g/mol. The van der Waals surface area contributed by atoms with E-state index in [0.29, 0.717) is 13.0 Å². The molecular formula is C10H18O4. The molecule has 0 amide bonds. The van der Waals surface area contributed by atoms with Gasteiger partial charge in [0, 0.05) is 7.11 Å². The topological polar surface area (TPSA) is 52.6 Å². The van der Waals surface area contributed by atoms with Crippen molar-refractivity contribution in [3.05, 3.63) is 0 Å². The first-order valence-corrected chi connectivity index (χ1v) is 4.74. The number of ether oxygens (including phenoxy) is 2. The van der Waals surface area contributed by atoms with Crippen LogP contribution in [-0.4, -0.2) is 31.1 Å². The highest BCUT2D eigenvalue weighted by molar-refractivity contribution is 5.89. The van der Waals surface area contributed by atoms with E-state index < -0.39 is 11.6 Å². The molecule has 4 nitrogen and oxygen atoms in total. The van der Waals surface area contributed by atoms with Crippen LogP contribution in [0.2, 0.25) is 0 Å². The van der Waals surface area contributed by atoms with E-state index in [9.17, 15) is 9.59 Å². The van der Waals surface area contributed by atoms with Crippen molar-refractivity contribution in [2.45, 2.75) is 39.2 Å². The van der Waals surface area contributed by atoms with Crippen molar-refractivity contribution >= 4 is 11.8 Å². The Labute approximate surface area is 84.6 Å². The van der Waals surface area contributed by atoms with E-state index in [4.69, 9.17) is 9.47 Å². The second-order valence-corrected chi connectivity index (χ2v) is 3.09. The summed E-state index contributed by atoms with van der Waals surface area (Å²) in [4.78, 5) is 22.6. The van der Waals surface area contributed by atoms with Crippen molar-refractivity contribution in [3.63, 3.8) is 0 Å². The van der Waals surface area contributed by atoms with Gasteiger partial charge in [-0.3, -0.25) is 9.59 Å². The molecule has 0 radical (unpaired) electrons. The Morgan fingerprint density at radius 3 is 2.14 bits per heavy atom. The Morgan fingerprint density at radius 2 is 1.86 bits per heavy atom. The lowest BCUT2D eigenvalue weighted by Crippen LogP contribution is -2.41. The van der Waals surface area contributed by atoms with Crippen LogP contribution >= 0.6 is 0 Å². The highest BCUT2D eigenvalue weighted by atomic mass is 16.5. The fourth-order valence-electron chi connectivity index (χ4n) is 1.30. The van der Waals surface area contributed by atoms with E-state index >= 15 is 0 Å². The molecule has 0 aromatic heterocycles. The molecule has 0 heterocycles. The van der Waals surface area contributed by atoms with Gasteiger partial charge in [-0.15, -0.1) is 0 Å². The van der Waals surface area contributed by atoms with E-state index in [2.05, 4.69) is 0 Å². The Bertz CT molecular complexity index is 206. The van der Waals surface area contributed by atoms with Gasteiger partial charge in [0.2, 0.25) is 0 Å². The first-order chi connectivity index (χ1) is 6.52. The summed E-state index contributed by atoms with van der Waals surface area (Å²) < 4.78 is 9.90. The molecule has 0 aromatic rings. The third-order valence-corrected chi connectivity index (χ3v) is 2.34. The van der Waals surface area contributed by atoms with Gasteiger partial charge in [0.1, 0.15) is 5.60 Å². The van der Waals surface area contributed by atoms with Crippen LogP contribution in [0.3, 0.4) is 0 Å². The Hall–Kier alpha value is -0.900. The predicted octanol–water partition coefficient (Wildman–Crippen LogP) is 1.32. The summed E-state index contributed by atoms with van der Waals surface area (Å²) in [7, 11) is 1.43. The van der Waals surface area contributed by atoms with E-state index in [1.54, 1.807) is 6.92 Å². The molecule has 82 valence electrons. The van der Waals surface area contributed by atoms with Crippen molar-refractivity contribution < 1.29 is 19.1 Å². The maximum Gasteiger partial charge on any atom is 0.309 e. The average Bonchev–Trinajstić information content (AvgIpc) is 2.14. The average molecular weight is 202 g/mol. The molecule has 0 rings (SSSR count). The number of rotatable bonds is 6. The molecule has 4 heteroatoms. The number of hydrogen-bond donors (Lipinski definition) is 0.